The predicted molar refractivity (Wildman–Crippen MR) is 69.5 cm³/mol. The van der Waals surface area contributed by atoms with Crippen molar-refractivity contribution in [2.45, 2.75) is 26.3 Å². The standard InChI is InChI=1S/C11H19N3O2S/c1-9-5-6-12-10(7-9)13-8-11(2,3)14-17(4,15)16/h5-7,14H,8H2,1-4H3,(H,12,13). The molecule has 0 aliphatic rings. The van der Waals surface area contributed by atoms with Crippen LogP contribution in [-0.4, -0.2) is 31.7 Å². The number of nitrogens with zero attached hydrogens (tertiary/aromatic N) is 1. The molecule has 1 aromatic heterocycles. The first-order valence-corrected chi connectivity index (χ1v) is 7.23. The third kappa shape index (κ3) is 5.65. The van der Waals surface area contributed by atoms with E-state index in [2.05, 4.69) is 15.0 Å². The number of aryl methyl sites for hydroxylation is 1. The van der Waals surface area contributed by atoms with Gasteiger partial charge in [-0.1, -0.05) is 0 Å². The lowest BCUT2D eigenvalue weighted by Gasteiger charge is -2.25. The van der Waals surface area contributed by atoms with Crippen molar-refractivity contribution in [1.82, 2.24) is 9.71 Å². The van der Waals surface area contributed by atoms with Crippen molar-refractivity contribution in [2.75, 3.05) is 18.1 Å². The fourth-order valence-electron chi connectivity index (χ4n) is 1.48. The van der Waals surface area contributed by atoms with Crippen LogP contribution >= 0.6 is 0 Å². The van der Waals surface area contributed by atoms with Gasteiger partial charge in [-0.3, -0.25) is 0 Å². The molecule has 17 heavy (non-hydrogen) atoms. The minimum atomic E-state index is -3.20. The molecule has 0 spiro atoms. The molecule has 0 aliphatic heterocycles. The molecule has 0 aliphatic carbocycles. The molecular formula is C11H19N3O2S. The summed E-state index contributed by atoms with van der Waals surface area (Å²) in [5.74, 6) is 0.744. The van der Waals surface area contributed by atoms with E-state index in [1.807, 2.05) is 32.9 Å². The molecule has 1 heterocycles. The number of anilines is 1. The Morgan fingerprint density at radius 2 is 2.06 bits per heavy atom. The fourth-order valence-corrected chi connectivity index (χ4v) is 2.56. The molecule has 0 fully saturated rings. The summed E-state index contributed by atoms with van der Waals surface area (Å²) in [6.45, 7) is 6.08. The lowest BCUT2D eigenvalue weighted by molar-refractivity contribution is 0.476. The van der Waals surface area contributed by atoms with Gasteiger partial charge >= 0.3 is 0 Å². The Morgan fingerprint density at radius 3 is 2.59 bits per heavy atom. The van der Waals surface area contributed by atoms with Crippen LogP contribution in [0.3, 0.4) is 0 Å². The quantitative estimate of drug-likeness (QED) is 0.829. The van der Waals surface area contributed by atoms with Gasteiger partial charge < -0.3 is 5.32 Å². The highest BCUT2D eigenvalue weighted by Crippen LogP contribution is 2.09. The molecule has 0 saturated carbocycles. The van der Waals surface area contributed by atoms with Crippen LogP contribution in [0.4, 0.5) is 5.82 Å². The number of sulfonamides is 1. The van der Waals surface area contributed by atoms with Gasteiger partial charge in [0.15, 0.2) is 0 Å². The predicted octanol–water partition coefficient (Wildman–Crippen LogP) is 1.13. The van der Waals surface area contributed by atoms with Gasteiger partial charge in [0.1, 0.15) is 5.82 Å². The summed E-state index contributed by atoms with van der Waals surface area (Å²) >= 11 is 0. The summed E-state index contributed by atoms with van der Waals surface area (Å²) in [6.07, 6.45) is 2.87. The Balaban J connectivity index is 2.61. The van der Waals surface area contributed by atoms with Crippen LogP contribution < -0.4 is 10.0 Å². The fraction of sp³-hybridized carbons (Fsp3) is 0.545. The molecule has 0 unspecified atom stereocenters. The zero-order valence-electron chi connectivity index (χ0n) is 10.6. The average Bonchev–Trinajstić information content (AvgIpc) is 2.11. The van der Waals surface area contributed by atoms with Gasteiger partial charge in [-0.25, -0.2) is 18.1 Å². The van der Waals surface area contributed by atoms with E-state index in [1.165, 1.54) is 0 Å². The first kappa shape index (κ1) is 13.9. The van der Waals surface area contributed by atoms with Crippen molar-refractivity contribution in [2.24, 2.45) is 0 Å². The zero-order valence-corrected chi connectivity index (χ0v) is 11.4. The Bertz CT molecular complexity index is 483. The second-order valence-electron chi connectivity index (χ2n) is 4.83. The molecule has 5 nitrogen and oxygen atoms in total. The third-order valence-corrected chi connectivity index (χ3v) is 3.01. The van der Waals surface area contributed by atoms with E-state index in [-0.39, 0.29) is 0 Å². The van der Waals surface area contributed by atoms with E-state index in [9.17, 15) is 8.42 Å². The van der Waals surface area contributed by atoms with Crippen molar-refractivity contribution in [3.05, 3.63) is 23.9 Å². The molecule has 0 amide bonds. The largest absolute Gasteiger partial charge is 0.368 e. The Kier molecular flexibility index (Phi) is 4.11. The SMILES string of the molecule is Cc1ccnc(NCC(C)(C)NS(C)(=O)=O)c1. The van der Waals surface area contributed by atoms with Crippen LogP contribution in [0.1, 0.15) is 19.4 Å². The maximum atomic E-state index is 11.2. The van der Waals surface area contributed by atoms with Gasteiger partial charge in [-0.2, -0.15) is 0 Å². The highest BCUT2D eigenvalue weighted by atomic mass is 32.2. The van der Waals surface area contributed by atoms with Crippen molar-refractivity contribution < 1.29 is 8.42 Å². The number of rotatable bonds is 5. The topological polar surface area (TPSA) is 71.1 Å². The average molecular weight is 257 g/mol. The molecular weight excluding hydrogens is 238 g/mol. The van der Waals surface area contributed by atoms with E-state index < -0.39 is 15.6 Å². The number of hydrogen-bond donors (Lipinski definition) is 2. The summed E-state index contributed by atoms with van der Waals surface area (Å²) < 4.78 is 24.9. The molecule has 0 bridgehead atoms. The molecule has 0 saturated heterocycles. The van der Waals surface area contributed by atoms with Crippen molar-refractivity contribution in [1.29, 1.82) is 0 Å². The molecule has 2 N–H and O–H groups in total. The van der Waals surface area contributed by atoms with Crippen LogP contribution in [0, 0.1) is 6.92 Å². The maximum absolute atomic E-state index is 11.2. The maximum Gasteiger partial charge on any atom is 0.209 e. The second-order valence-corrected chi connectivity index (χ2v) is 6.58. The third-order valence-electron chi connectivity index (χ3n) is 2.09. The minimum Gasteiger partial charge on any atom is -0.368 e. The van der Waals surface area contributed by atoms with Crippen LogP contribution in [0.25, 0.3) is 0 Å². The van der Waals surface area contributed by atoms with E-state index in [1.54, 1.807) is 6.20 Å². The summed E-state index contributed by atoms with van der Waals surface area (Å²) in [5, 5.41) is 3.11. The van der Waals surface area contributed by atoms with E-state index >= 15 is 0 Å². The number of nitrogens with one attached hydrogen (secondary N) is 2. The second kappa shape index (κ2) is 5.01. The van der Waals surface area contributed by atoms with Crippen molar-refractivity contribution in [3.63, 3.8) is 0 Å². The van der Waals surface area contributed by atoms with E-state index in [0.29, 0.717) is 6.54 Å². The monoisotopic (exact) mass is 257 g/mol. The summed E-state index contributed by atoms with van der Waals surface area (Å²) in [6, 6.07) is 3.82. The molecule has 0 aromatic carbocycles. The van der Waals surface area contributed by atoms with Crippen molar-refractivity contribution in [3.8, 4) is 0 Å². The molecule has 0 atom stereocenters. The van der Waals surface area contributed by atoms with Gasteiger partial charge in [0.25, 0.3) is 0 Å². The first-order valence-electron chi connectivity index (χ1n) is 5.33. The van der Waals surface area contributed by atoms with Crippen LogP contribution in [0.15, 0.2) is 18.3 Å². The minimum absolute atomic E-state index is 0.469. The van der Waals surface area contributed by atoms with Crippen LogP contribution in [-0.2, 0) is 10.0 Å². The zero-order chi connectivity index (χ0) is 13.1. The lowest BCUT2D eigenvalue weighted by Crippen LogP contribution is -2.47. The lowest BCUT2D eigenvalue weighted by atomic mass is 10.1. The molecule has 1 rings (SSSR count). The first-order chi connectivity index (χ1) is 7.68. The summed E-state index contributed by atoms with van der Waals surface area (Å²) in [7, 11) is -3.20. The molecule has 6 heteroatoms. The highest BCUT2D eigenvalue weighted by Gasteiger charge is 2.21. The Morgan fingerprint density at radius 1 is 1.41 bits per heavy atom. The number of pyridine rings is 1. The van der Waals surface area contributed by atoms with Gasteiger partial charge in [0.2, 0.25) is 10.0 Å². The van der Waals surface area contributed by atoms with E-state index in [0.717, 1.165) is 17.6 Å². The highest BCUT2D eigenvalue weighted by molar-refractivity contribution is 7.88. The number of aromatic nitrogens is 1. The molecule has 96 valence electrons. The smallest absolute Gasteiger partial charge is 0.209 e. The van der Waals surface area contributed by atoms with Gasteiger partial charge in [-0.05, 0) is 38.5 Å². The normalized spacial score (nSPS) is 12.5. The van der Waals surface area contributed by atoms with E-state index in [4.69, 9.17) is 0 Å². The van der Waals surface area contributed by atoms with Gasteiger partial charge in [-0.15, -0.1) is 0 Å². The Labute approximate surface area is 103 Å². The molecule has 0 radical (unpaired) electrons. The van der Waals surface area contributed by atoms with Crippen LogP contribution in [0.5, 0.6) is 0 Å². The Hall–Kier alpha value is -1.14. The van der Waals surface area contributed by atoms with Crippen molar-refractivity contribution >= 4 is 15.8 Å². The number of hydrogen-bond acceptors (Lipinski definition) is 4. The summed E-state index contributed by atoms with van der Waals surface area (Å²) in [5.41, 5.74) is 0.551. The van der Waals surface area contributed by atoms with Gasteiger partial charge in [0.05, 0.1) is 6.26 Å². The van der Waals surface area contributed by atoms with Crippen LogP contribution in [0.2, 0.25) is 0 Å². The summed E-state index contributed by atoms with van der Waals surface area (Å²) in [4.78, 5) is 4.15. The van der Waals surface area contributed by atoms with Gasteiger partial charge in [0, 0.05) is 18.3 Å². The molecule has 1 aromatic rings.